The minimum Gasteiger partial charge on any atom is -0.372 e. The van der Waals surface area contributed by atoms with Gasteiger partial charge in [0.1, 0.15) is 6.54 Å². The molecule has 0 heterocycles. The molecule has 0 atom stereocenters. The number of carbonyl (C=O) groups excluding carboxylic acids is 3. The number of hydrogen-bond donors (Lipinski definition) is 2. The molecule has 2 amide bonds. The Morgan fingerprint density at radius 3 is 2.23 bits per heavy atom. The van der Waals surface area contributed by atoms with Crippen LogP contribution >= 0.6 is 0 Å². The van der Waals surface area contributed by atoms with Crippen molar-refractivity contribution in [1.82, 2.24) is 4.90 Å². The highest BCUT2D eigenvalue weighted by Gasteiger charge is 2.20. The van der Waals surface area contributed by atoms with Crippen molar-refractivity contribution >= 4 is 17.8 Å². The molecule has 7 heteroatoms. The molecule has 0 spiro atoms. The lowest BCUT2D eigenvalue weighted by atomic mass is 10.4. The maximum atomic E-state index is 10.9. The molecule has 0 saturated heterocycles. The second-order valence-electron chi connectivity index (χ2n) is 2.19. The Labute approximate surface area is 74.6 Å². The first kappa shape index (κ1) is 11.5. The van der Waals surface area contributed by atoms with Gasteiger partial charge in [0.15, 0.2) is 0 Å². The number of imide groups is 1. The lowest BCUT2D eigenvalue weighted by Crippen LogP contribution is -2.43. The molecule has 13 heavy (non-hydrogen) atoms. The molecule has 0 aromatic rings. The predicted molar refractivity (Wildman–Crippen MR) is 41.7 cm³/mol. The summed E-state index contributed by atoms with van der Waals surface area (Å²) < 4.78 is 0. The van der Waals surface area contributed by atoms with E-state index in [-0.39, 0.29) is 6.54 Å². The van der Waals surface area contributed by atoms with Gasteiger partial charge in [0.25, 0.3) is 0 Å². The van der Waals surface area contributed by atoms with Gasteiger partial charge in [-0.1, -0.05) is 0 Å². The van der Waals surface area contributed by atoms with Crippen molar-refractivity contribution < 1.29 is 19.2 Å². The van der Waals surface area contributed by atoms with Gasteiger partial charge in [0.2, 0.25) is 11.8 Å². The Hall–Kier alpha value is -1.47. The first-order chi connectivity index (χ1) is 6.02. The van der Waals surface area contributed by atoms with E-state index in [9.17, 15) is 14.4 Å². The fourth-order valence-corrected chi connectivity index (χ4v) is 0.652. The maximum absolute atomic E-state index is 10.9. The minimum absolute atomic E-state index is 0.350. The molecule has 0 saturated carbocycles. The van der Waals surface area contributed by atoms with E-state index in [1.807, 2.05) is 0 Å². The summed E-state index contributed by atoms with van der Waals surface area (Å²) in [6, 6.07) is 0. The predicted octanol–water partition coefficient (Wildman–Crippen LogP) is -2.26. The van der Waals surface area contributed by atoms with Crippen molar-refractivity contribution in [3.63, 3.8) is 0 Å². The van der Waals surface area contributed by atoms with Crippen molar-refractivity contribution in [3.8, 4) is 0 Å². The fraction of sp³-hybridized carbons (Fsp3) is 0.500. The highest BCUT2D eigenvalue weighted by atomic mass is 16.7. The third-order valence-electron chi connectivity index (χ3n) is 1.27. The summed E-state index contributed by atoms with van der Waals surface area (Å²) in [5.41, 5.74) is 5.00. The summed E-state index contributed by atoms with van der Waals surface area (Å²) in [6.45, 7) is 0.274. The van der Waals surface area contributed by atoms with Gasteiger partial charge < -0.3 is 10.6 Å². The number of nitrogens with zero attached hydrogens (tertiary/aromatic N) is 1. The van der Waals surface area contributed by atoms with Crippen LogP contribution in [0.15, 0.2) is 0 Å². The quantitative estimate of drug-likeness (QED) is 0.484. The van der Waals surface area contributed by atoms with Crippen LogP contribution in [0.3, 0.4) is 0 Å². The van der Waals surface area contributed by atoms with Crippen LogP contribution in [0.5, 0.6) is 0 Å². The fourth-order valence-electron chi connectivity index (χ4n) is 0.652. The summed E-state index contributed by atoms with van der Waals surface area (Å²) in [5.74, 6) is 2.42. The molecule has 0 radical (unpaired) electrons. The number of amides is 2. The SMILES string of the molecule is CC(=O)N(CC(=O)ON)C(=O)CN. The zero-order valence-corrected chi connectivity index (χ0v) is 7.15. The Bertz CT molecular complexity index is 228. The number of nitrogens with two attached hydrogens (primary N) is 2. The third kappa shape index (κ3) is 3.63. The molecule has 0 rings (SSSR count). The largest absolute Gasteiger partial charge is 0.372 e. The molecule has 74 valence electrons. The van der Waals surface area contributed by atoms with Gasteiger partial charge in [-0.05, 0) is 0 Å². The summed E-state index contributed by atoms with van der Waals surface area (Å²) >= 11 is 0. The molecule has 0 aromatic carbocycles. The molecule has 0 aliphatic carbocycles. The molecular weight excluding hydrogens is 178 g/mol. The van der Waals surface area contributed by atoms with Crippen LogP contribution in [0.2, 0.25) is 0 Å². The van der Waals surface area contributed by atoms with E-state index in [2.05, 4.69) is 10.7 Å². The van der Waals surface area contributed by atoms with E-state index in [4.69, 9.17) is 5.73 Å². The summed E-state index contributed by atoms with van der Waals surface area (Å²) in [4.78, 5) is 36.8. The van der Waals surface area contributed by atoms with E-state index in [0.717, 1.165) is 6.92 Å². The molecule has 7 nitrogen and oxygen atoms in total. The van der Waals surface area contributed by atoms with Crippen LogP contribution in [0.1, 0.15) is 6.92 Å². The van der Waals surface area contributed by atoms with Crippen LogP contribution in [0, 0.1) is 0 Å². The van der Waals surface area contributed by atoms with Crippen molar-refractivity contribution in [3.05, 3.63) is 0 Å². The molecule has 0 aliphatic rings. The van der Waals surface area contributed by atoms with Gasteiger partial charge in [-0.2, -0.15) is 5.90 Å². The van der Waals surface area contributed by atoms with Gasteiger partial charge in [0.05, 0.1) is 6.54 Å². The highest BCUT2D eigenvalue weighted by molar-refractivity contribution is 5.97. The Morgan fingerprint density at radius 2 is 1.92 bits per heavy atom. The van der Waals surface area contributed by atoms with Gasteiger partial charge in [0, 0.05) is 6.92 Å². The zero-order valence-electron chi connectivity index (χ0n) is 7.15. The number of hydrogen-bond acceptors (Lipinski definition) is 6. The van der Waals surface area contributed by atoms with Crippen LogP contribution in [-0.4, -0.2) is 35.8 Å². The van der Waals surface area contributed by atoms with Crippen molar-refractivity contribution in [2.45, 2.75) is 6.92 Å². The molecular formula is C6H11N3O4. The Balaban J connectivity index is 4.35. The lowest BCUT2D eigenvalue weighted by Gasteiger charge is -2.15. The second-order valence-corrected chi connectivity index (χ2v) is 2.19. The van der Waals surface area contributed by atoms with Crippen molar-refractivity contribution in [2.75, 3.05) is 13.1 Å². The van der Waals surface area contributed by atoms with E-state index in [0.29, 0.717) is 4.90 Å². The summed E-state index contributed by atoms with van der Waals surface area (Å²) in [5, 5.41) is 0. The van der Waals surface area contributed by atoms with E-state index >= 15 is 0 Å². The summed E-state index contributed by atoms with van der Waals surface area (Å²) in [6.07, 6.45) is 0. The van der Waals surface area contributed by atoms with E-state index in [1.54, 1.807) is 0 Å². The monoisotopic (exact) mass is 189 g/mol. The van der Waals surface area contributed by atoms with Crippen molar-refractivity contribution in [2.24, 2.45) is 11.6 Å². The second kappa shape index (κ2) is 5.22. The normalized spacial score (nSPS) is 9.15. The van der Waals surface area contributed by atoms with Crippen LogP contribution < -0.4 is 11.6 Å². The van der Waals surface area contributed by atoms with Crippen LogP contribution in [0.4, 0.5) is 0 Å². The maximum Gasteiger partial charge on any atom is 0.344 e. The zero-order chi connectivity index (χ0) is 10.4. The minimum atomic E-state index is -0.878. The first-order valence-electron chi connectivity index (χ1n) is 3.43. The summed E-state index contributed by atoms with van der Waals surface area (Å²) in [7, 11) is 0. The van der Waals surface area contributed by atoms with E-state index in [1.165, 1.54) is 0 Å². The molecule has 0 fully saturated rings. The van der Waals surface area contributed by atoms with Gasteiger partial charge >= 0.3 is 5.97 Å². The van der Waals surface area contributed by atoms with Crippen LogP contribution in [-0.2, 0) is 19.2 Å². The van der Waals surface area contributed by atoms with Gasteiger partial charge in [-0.15, -0.1) is 0 Å². The standard InChI is InChI=1S/C6H11N3O4/c1-4(10)9(5(11)2-7)3-6(12)13-8/h2-3,7-8H2,1H3. The van der Waals surface area contributed by atoms with Gasteiger partial charge in [-0.3, -0.25) is 14.5 Å². The average Bonchev–Trinajstić information content (AvgIpc) is 2.11. The Kier molecular flexibility index (Phi) is 4.63. The molecule has 0 bridgehead atoms. The number of carbonyl (C=O) groups is 3. The Morgan fingerprint density at radius 1 is 1.38 bits per heavy atom. The molecule has 0 unspecified atom stereocenters. The topological polar surface area (TPSA) is 116 Å². The highest BCUT2D eigenvalue weighted by Crippen LogP contribution is 1.90. The van der Waals surface area contributed by atoms with Crippen molar-refractivity contribution in [1.29, 1.82) is 0 Å². The average molecular weight is 189 g/mol. The molecule has 0 aromatic heterocycles. The molecule has 0 aliphatic heterocycles. The lowest BCUT2D eigenvalue weighted by molar-refractivity contribution is -0.154. The van der Waals surface area contributed by atoms with Crippen LogP contribution in [0.25, 0.3) is 0 Å². The third-order valence-corrected chi connectivity index (χ3v) is 1.27. The van der Waals surface area contributed by atoms with Gasteiger partial charge in [-0.25, -0.2) is 4.79 Å². The molecule has 4 N–H and O–H groups in total. The first-order valence-corrected chi connectivity index (χ1v) is 3.43. The number of rotatable bonds is 3. The smallest absolute Gasteiger partial charge is 0.344 e. The van der Waals surface area contributed by atoms with E-state index < -0.39 is 24.3 Å².